The van der Waals surface area contributed by atoms with E-state index in [4.69, 9.17) is 4.74 Å². The van der Waals surface area contributed by atoms with Gasteiger partial charge in [0.25, 0.3) is 0 Å². The highest BCUT2D eigenvalue weighted by molar-refractivity contribution is 5.80. The van der Waals surface area contributed by atoms with Crippen LogP contribution in [0, 0.1) is 5.92 Å². The summed E-state index contributed by atoms with van der Waals surface area (Å²) in [7, 11) is 0. The maximum atomic E-state index is 11.4. The minimum atomic E-state index is 0.220. The topological polar surface area (TPSA) is 38.3 Å². The molecule has 0 radical (unpaired) electrons. The summed E-state index contributed by atoms with van der Waals surface area (Å²) in [6.45, 7) is 3.58. The number of ether oxygens (including phenoxy) is 1. The molecule has 1 aromatic carbocycles. The zero-order chi connectivity index (χ0) is 12.8. The Morgan fingerprint density at radius 3 is 2.67 bits per heavy atom. The van der Waals surface area contributed by atoms with Crippen LogP contribution in [0.1, 0.15) is 31.7 Å². The molecule has 1 aliphatic rings. The zero-order valence-electron chi connectivity index (χ0n) is 10.9. The van der Waals surface area contributed by atoms with Gasteiger partial charge in [0.1, 0.15) is 5.75 Å². The van der Waals surface area contributed by atoms with Crippen molar-refractivity contribution in [2.24, 2.45) is 5.92 Å². The van der Waals surface area contributed by atoms with Gasteiger partial charge in [-0.1, -0.05) is 19.1 Å². The van der Waals surface area contributed by atoms with Crippen molar-refractivity contribution in [1.82, 2.24) is 5.32 Å². The van der Waals surface area contributed by atoms with Crippen molar-refractivity contribution in [3.05, 3.63) is 29.8 Å². The normalized spacial score (nSPS) is 14.3. The first-order valence-corrected chi connectivity index (χ1v) is 6.79. The molecule has 1 aromatic rings. The van der Waals surface area contributed by atoms with Crippen LogP contribution < -0.4 is 10.1 Å². The van der Waals surface area contributed by atoms with Crippen molar-refractivity contribution in [3.63, 3.8) is 0 Å². The van der Waals surface area contributed by atoms with E-state index in [0.29, 0.717) is 5.92 Å². The lowest BCUT2D eigenvalue weighted by molar-refractivity contribution is -0.122. The third-order valence-corrected chi connectivity index (χ3v) is 3.06. The molecule has 0 spiro atoms. The summed E-state index contributed by atoms with van der Waals surface area (Å²) in [5.74, 6) is 1.44. The molecule has 1 amide bonds. The molecular weight excluding hydrogens is 226 g/mol. The van der Waals surface area contributed by atoms with Crippen molar-refractivity contribution in [1.29, 1.82) is 0 Å². The van der Waals surface area contributed by atoms with Crippen LogP contribution in [0.3, 0.4) is 0 Å². The van der Waals surface area contributed by atoms with Crippen LogP contribution in [-0.4, -0.2) is 19.1 Å². The minimum Gasteiger partial charge on any atom is -0.494 e. The average molecular weight is 247 g/mol. The van der Waals surface area contributed by atoms with E-state index < -0.39 is 0 Å². The molecule has 2 rings (SSSR count). The zero-order valence-corrected chi connectivity index (χ0v) is 10.9. The van der Waals surface area contributed by atoms with E-state index in [0.717, 1.165) is 44.6 Å². The van der Waals surface area contributed by atoms with Gasteiger partial charge in [0.15, 0.2) is 0 Å². The lowest BCUT2D eigenvalue weighted by Gasteiger charge is -2.07. The molecule has 1 fully saturated rings. The Morgan fingerprint density at radius 1 is 1.33 bits per heavy atom. The number of nitrogens with one attached hydrogen (secondary N) is 1. The largest absolute Gasteiger partial charge is 0.494 e. The van der Waals surface area contributed by atoms with E-state index in [1.165, 1.54) is 5.56 Å². The van der Waals surface area contributed by atoms with Crippen molar-refractivity contribution in [2.45, 2.75) is 32.6 Å². The highest BCUT2D eigenvalue weighted by Gasteiger charge is 2.28. The van der Waals surface area contributed by atoms with Gasteiger partial charge in [0.2, 0.25) is 5.91 Å². The highest BCUT2D eigenvalue weighted by Crippen LogP contribution is 2.28. The SMILES string of the molecule is CCCOc1ccc(CCNC(=O)C2CC2)cc1. The molecule has 1 saturated carbocycles. The Labute approximate surface area is 109 Å². The third-order valence-electron chi connectivity index (χ3n) is 3.06. The monoisotopic (exact) mass is 247 g/mol. The number of carbonyl (C=O) groups excluding carboxylic acids is 1. The van der Waals surface area contributed by atoms with Gasteiger partial charge in [0, 0.05) is 12.5 Å². The van der Waals surface area contributed by atoms with Crippen LogP contribution in [0.15, 0.2) is 24.3 Å². The fraction of sp³-hybridized carbons (Fsp3) is 0.533. The van der Waals surface area contributed by atoms with Gasteiger partial charge in [-0.25, -0.2) is 0 Å². The average Bonchev–Trinajstić information content (AvgIpc) is 3.22. The third kappa shape index (κ3) is 4.06. The van der Waals surface area contributed by atoms with Crippen LogP contribution >= 0.6 is 0 Å². The van der Waals surface area contributed by atoms with Crippen LogP contribution in [-0.2, 0) is 11.2 Å². The number of hydrogen-bond acceptors (Lipinski definition) is 2. The van der Waals surface area contributed by atoms with Crippen LogP contribution in [0.25, 0.3) is 0 Å². The van der Waals surface area contributed by atoms with Crippen molar-refractivity contribution in [2.75, 3.05) is 13.2 Å². The molecule has 3 nitrogen and oxygen atoms in total. The molecule has 3 heteroatoms. The molecule has 0 aromatic heterocycles. The second kappa shape index (κ2) is 6.43. The summed E-state index contributed by atoms with van der Waals surface area (Å²) in [4.78, 5) is 11.4. The first kappa shape index (κ1) is 12.9. The molecule has 18 heavy (non-hydrogen) atoms. The van der Waals surface area contributed by atoms with Crippen molar-refractivity contribution in [3.8, 4) is 5.75 Å². The van der Waals surface area contributed by atoms with Gasteiger partial charge in [0.05, 0.1) is 6.61 Å². The number of carbonyl (C=O) groups is 1. The van der Waals surface area contributed by atoms with Gasteiger partial charge < -0.3 is 10.1 Å². The second-order valence-corrected chi connectivity index (χ2v) is 4.81. The van der Waals surface area contributed by atoms with Crippen LogP contribution in [0.4, 0.5) is 0 Å². The van der Waals surface area contributed by atoms with Crippen molar-refractivity contribution < 1.29 is 9.53 Å². The Hall–Kier alpha value is -1.51. The molecule has 98 valence electrons. The lowest BCUT2D eigenvalue weighted by Crippen LogP contribution is -2.26. The molecule has 0 bridgehead atoms. The molecule has 0 aliphatic heterocycles. The summed E-state index contributed by atoms with van der Waals surface area (Å²) in [6.07, 6.45) is 4.03. The molecule has 1 aliphatic carbocycles. The number of benzene rings is 1. The van der Waals surface area contributed by atoms with Gasteiger partial charge >= 0.3 is 0 Å². The number of hydrogen-bond donors (Lipinski definition) is 1. The first-order chi connectivity index (χ1) is 8.79. The van der Waals surface area contributed by atoms with Gasteiger partial charge in [-0.15, -0.1) is 0 Å². The summed E-state index contributed by atoms with van der Waals surface area (Å²) < 4.78 is 5.52. The maximum absolute atomic E-state index is 11.4. The smallest absolute Gasteiger partial charge is 0.223 e. The Balaban J connectivity index is 1.70. The predicted molar refractivity (Wildman–Crippen MR) is 71.7 cm³/mol. The predicted octanol–water partition coefficient (Wildman–Crippen LogP) is 2.54. The summed E-state index contributed by atoms with van der Waals surface area (Å²) in [5, 5.41) is 2.97. The van der Waals surface area contributed by atoms with Crippen LogP contribution in [0.5, 0.6) is 5.75 Å². The highest BCUT2D eigenvalue weighted by atomic mass is 16.5. The Bertz CT molecular complexity index is 382. The first-order valence-electron chi connectivity index (χ1n) is 6.79. The summed E-state index contributed by atoms with van der Waals surface area (Å²) in [5.41, 5.74) is 1.23. The summed E-state index contributed by atoms with van der Waals surface area (Å²) >= 11 is 0. The summed E-state index contributed by atoms with van der Waals surface area (Å²) in [6, 6.07) is 8.12. The van der Waals surface area contributed by atoms with Crippen LogP contribution in [0.2, 0.25) is 0 Å². The Morgan fingerprint density at radius 2 is 2.06 bits per heavy atom. The van der Waals surface area contributed by atoms with Gasteiger partial charge in [-0.05, 0) is 43.4 Å². The van der Waals surface area contributed by atoms with Gasteiger partial charge in [-0.3, -0.25) is 4.79 Å². The van der Waals surface area contributed by atoms with Crippen molar-refractivity contribution >= 4 is 5.91 Å². The second-order valence-electron chi connectivity index (χ2n) is 4.81. The Kier molecular flexibility index (Phi) is 4.62. The molecular formula is C15H21NO2. The minimum absolute atomic E-state index is 0.220. The van der Waals surface area contributed by atoms with E-state index in [9.17, 15) is 4.79 Å². The lowest BCUT2D eigenvalue weighted by atomic mass is 10.1. The fourth-order valence-corrected chi connectivity index (χ4v) is 1.79. The maximum Gasteiger partial charge on any atom is 0.223 e. The quantitative estimate of drug-likeness (QED) is 0.804. The molecule has 0 saturated heterocycles. The van der Waals surface area contributed by atoms with E-state index >= 15 is 0 Å². The van der Waals surface area contributed by atoms with E-state index in [1.54, 1.807) is 0 Å². The molecule has 0 unspecified atom stereocenters. The number of rotatable bonds is 7. The van der Waals surface area contributed by atoms with E-state index in [2.05, 4.69) is 24.4 Å². The molecule has 1 N–H and O–H groups in total. The van der Waals surface area contributed by atoms with E-state index in [1.807, 2.05) is 12.1 Å². The van der Waals surface area contributed by atoms with E-state index in [-0.39, 0.29) is 5.91 Å². The van der Waals surface area contributed by atoms with Gasteiger partial charge in [-0.2, -0.15) is 0 Å². The standard InChI is InChI=1S/C15H21NO2/c1-2-11-18-14-7-3-12(4-8-14)9-10-16-15(17)13-5-6-13/h3-4,7-8,13H,2,5-6,9-11H2,1H3,(H,16,17). The fourth-order valence-electron chi connectivity index (χ4n) is 1.79. The molecule has 0 atom stereocenters. The number of amides is 1. The molecule has 0 heterocycles.